The Bertz CT molecular complexity index is 380. The predicted molar refractivity (Wildman–Crippen MR) is 84.8 cm³/mol. The van der Waals surface area contributed by atoms with Crippen LogP contribution >= 0.6 is 34.4 Å². The molecule has 0 aliphatic heterocycles. The van der Waals surface area contributed by atoms with Crippen molar-refractivity contribution in [1.29, 1.82) is 0 Å². The first kappa shape index (κ1) is 15.0. The summed E-state index contributed by atoms with van der Waals surface area (Å²) in [5.74, 6) is 3.18. The normalized spacial score (nSPS) is 11.3. The Hall–Kier alpha value is -0.0400. The molecule has 0 saturated carbocycles. The summed E-state index contributed by atoms with van der Waals surface area (Å²) in [6.07, 6.45) is 0. The van der Waals surface area contributed by atoms with Gasteiger partial charge in [0.2, 0.25) is 0 Å². The fraction of sp³-hybridized carbons (Fsp3) is 0.667. The number of nitrogens with one attached hydrogen (secondary N) is 1. The summed E-state index contributed by atoms with van der Waals surface area (Å²) in [5, 5.41) is 3.76. The fourth-order valence-corrected chi connectivity index (χ4v) is 3.11. The molecule has 0 aromatic carbocycles. The van der Waals surface area contributed by atoms with Crippen LogP contribution in [0.3, 0.4) is 0 Å². The Morgan fingerprint density at radius 3 is 2.35 bits per heavy atom. The molecule has 1 N–H and O–H groups in total. The Morgan fingerprint density at radius 1 is 1.24 bits per heavy atom. The Kier molecular flexibility index (Phi) is 5.99. The van der Waals surface area contributed by atoms with Gasteiger partial charge in [0.25, 0.3) is 0 Å². The van der Waals surface area contributed by atoms with Crippen LogP contribution < -0.4 is 5.32 Å². The van der Waals surface area contributed by atoms with Gasteiger partial charge >= 0.3 is 0 Å². The molecule has 0 spiro atoms. The van der Waals surface area contributed by atoms with Gasteiger partial charge in [0.1, 0.15) is 11.6 Å². The van der Waals surface area contributed by atoms with Gasteiger partial charge in [0.15, 0.2) is 0 Å². The van der Waals surface area contributed by atoms with Gasteiger partial charge in [-0.05, 0) is 33.8 Å². The predicted octanol–water partition coefficient (Wildman–Crippen LogP) is 3.89. The molecule has 3 nitrogen and oxygen atoms in total. The molecule has 1 heterocycles. The van der Waals surface area contributed by atoms with Gasteiger partial charge < -0.3 is 5.32 Å². The van der Waals surface area contributed by atoms with E-state index in [9.17, 15) is 0 Å². The quantitative estimate of drug-likeness (QED) is 0.804. The summed E-state index contributed by atoms with van der Waals surface area (Å²) in [7, 11) is 1.91. The first-order valence-electron chi connectivity index (χ1n) is 5.81. The summed E-state index contributed by atoms with van der Waals surface area (Å²) >= 11 is 4.19. The average Bonchev–Trinajstić information content (AvgIpc) is 2.27. The molecule has 0 aliphatic rings. The van der Waals surface area contributed by atoms with Crippen molar-refractivity contribution in [2.75, 3.05) is 12.4 Å². The number of rotatable bonds is 5. The van der Waals surface area contributed by atoms with Crippen molar-refractivity contribution in [1.82, 2.24) is 9.97 Å². The van der Waals surface area contributed by atoms with Gasteiger partial charge in [0, 0.05) is 7.05 Å². The van der Waals surface area contributed by atoms with Crippen molar-refractivity contribution < 1.29 is 0 Å². The lowest BCUT2D eigenvalue weighted by Gasteiger charge is -2.13. The highest BCUT2D eigenvalue weighted by Gasteiger charge is 2.14. The number of hydrogen-bond acceptors (Lipinski definition) is 4. The first-order valence-corrected chi connectivity index (χ1v) is 7.94. The van der Waals surface area contributed by atoms with Crippen molar-refractivity contribution in [3.63, 3.8) is 0 Å². The van der Waals surface area contributed by atoms with Gasteiger partial charge in [-0.25, -0.2) is 9.97 Å². The third-order valence-electron chi connectivity index (χ3n) is 2.25. The number of thioether (sulfide) groups is 1. The van der Waals surface area contributed by atoms with Crippen molar-refractivity contribution in [2.45, 2.75) is 44.6 Å². The largest absolute Gasteiger partial charge is 0.372 e. The van der Waals surface area contributed by atoms with E-state index in [-0.39, 0.29) is 0 Å². The van der Waals surface area contributed by atoms with Gasteiger partial charge in [-0.1, -0.05) is 27.7 Å². The summed E-state index contributed by atoms with van der Waals surface area (Å²) < 4.78 is 1.14. The number of hydrogen-bond donors (Lipinski definition) is 1. The third kappa shape index (κ3) is 4.28. The minimum Gasteiger partial charge on any atom is -0.372 e. The maximum atomic E-state index is 4.67. The molecule has 17 heavy (non-hydrogen) atoms. The summed E-state index contributed by atoms with van der Waals surface area (Å²) in [6, 6.07) is 0. The average molecular weight is 365 g/mol. The van der Waals surface area contributed by atoms with Crippen LogP contribution in [-0.4, -0.2) is 22.3 Å². The van der Waals surface area contributed by atoms with Crippen molar-refractivity contribution in [3.05, 3.63) is 15.1 Å². The topological polar surface area (TPSA) is 37.8 Å². The van der Waals surface area contributed by atoms with E-state index in [1.807, 2.05) is 18.8 Å². The molecule has 0 amide bonds. The molecule has 1 rings (SSSR count). The molecule has 0 unspecified atom stereocenters. The molecular weight excluding hydrogens is 345 g/mol. The van der Waals surface area contributed by atoms with E-state index in [2.05, 4.69) is 65.6 Å². The summed E-state index contributed by atoms with van der Waals surface area (Å²) in [6.45, 7) is 8.73. The molecule has 96 valence electrons. The number of anilines is 1. The highest BCUT2D eigenvalue weighted by atomic mass is 127. The van der Waals surface area contributed by atoms with Crippen LogP contribution in [-0.2, 0) is 5.75 Å². The van der Waals surface area contributed by atoms with E-state index in [4.69, 9.17) is 0 Å². The molecule has 0 saturated heterocycles. The van der Waals surface area contributed by atoms with E-state index in [0.717, 1.165) is 26.7 Å². The lowest BCUT2D eigenvalue weighted by Crippen LogP contribution is -2.08. The molecule has 0 fully saturated rings. The van der Waals surface area contributed by atoms with Crippen molar-refractivity contribution in [3.8, 4) is 0 Å². The second kappa shape index (κ2) is 6.78. The SMILES string of the molecule is CNc1nc(CSC(C)C)nc(C(C)C)c1I. The molecule has 0 bridgehead atoms. The van der Waals surface area contributed by atoms with E-state index >= 15 is 0 Å². The maximum absolute atomic E-state index is 4.67. The van der Waals surface area contributed by atoms with E-state index in [0.29, 0.717) is 11.2 Å². The van der Waals surface area contributed by atoms with Crippen LogP contribution in [0.15, 0.2) is 0 Å². The zero-order valence-corrected chi connectivity index (χ0v) is 14.0. The van der Waals surface area contributed by atoms with Crippen LogP contribution in [0.4, 0.5) is 5.82 Å². The lowest BCUT2D eigenvalue weighted by molar-refractivity contribution is 0.792. The second-order valence-corrected chi connectivity index (χ2v) is 7.10. The number of aromatic nitrogens is 2. The number of nitrogens with zero attached hydrogens (tertiary/aromatic N) is 2. The maximum Gasteiger partial charge on any atom is 0.143 e. The molecule has 1 aromatic heterocycles. The lowest BCUT2D eigenvalue weighted by atomic mass is 10.1. The fourth-order valence-electron chi connectivity index (χ4n) is 1.37. The summed E-state index contributed by atoms with van der Waals surface area (Å²) in [5.41, 5.74) is 1.14. The zero-order valence-electron chi connectivity index (χ0n) is 11.0. The molecule has 0 radical (unpaired) electrons. The standard InChI is InChI=1S/C12H20IN3S/c1-7(2)11-10(13)12(14-5)16-9(15-11)6-17-8(3)4/h7-8H,6H2,1-5H3,(H,14,15,16). The van der Waals surface area contributed by atoms with Gasteiger partial charge in [-0.3, -0.25) is 0 Å². The minimum atomic E-state index is 0.430. The van der Waals surface area contributed by atoms with Crippen molar-refractivity contribution in [2.24, 2.45) is 0 Å². The third-order valence-corrected chi connectivity index (χ3v) is 4.41. The van der Waals surface area contributed by atoms with E-state index < -0.39 is 0 Å². The molecule has 5 heteroatoms. The molecule has 1 aromatic rings. The van der Waals surface area contributed by atoms with E-state index in [1.54, 1.807) is 0 Å². The first-order chi connectivity index (χ1) is 7.95. The highest BCUT2D eigenvalue weighted by molar-refractivity contribution is 14.1. The Labute approximate surface area is 122 Å². The van der Waals surface area contributed by atoms with Crippen LogP contribution in [0.5, 0.6) is 0 Å². The minimum absolute atomic E-state index is 0.430. The Morgan fingerprint density at radius 2 is 1.88 bits per heavy atom. The van der Waals surface area contributed by atoms with Crippen LogP contribution in [0.2, 0.25) is 0 Å². The van der Waals surface area contributed by atoms with Gasteiger partial charge in [0.05, 0.1) is 15.0 Å². The van der Waals surface area contributed by atoms with E-state index in [1.165, 1.54) is 0 Å². The smallest absolute Gasteiger partial charge is 0.143 e. The van der Waals surface area contributed by atoms with Crippen LogP contribution in [0.1, 0.15) is 45.1 Å². The monoisotopic (exact) mass is 365 g/mol. The highest BCUT2D eigenvalue weighted by Crippen LogP contribution is 2.26. The van der Waals surface area contributed by atoms with Crippen LogP contribution in [0.25, 0.3) is 0 Å². The molecule has 0 aliphatic carbocycles. The summed E-state index contributed by atoms with van der Waals surface area (Å²) in [4.78, 5) is 9.23. The van der Waals surface area contributed by atoms with Crippen molar-refractivity contribution >= 4 is 40.2 Å². The number of halogens is 1. The van der Waals surface area contributed by atoms with Gasteiger partial charge in [-0.15, -0.1) is 0 Å². The Balaban J connectivity index is 3.03. The molecule has 0 atom stereocenters. The van der Waals surface area contributed by atoms with Gasteiger partial charge in [-0.2, -0.15) is 11.8 Å². The molecular formula is C12H20IN3S. The second-order valence-electron chi connectivity index (χ2n) is 4.45. The zero-order chi connectivity index (χ0) is 13.0. The van der Waals surface area contributed by atoms with Crippen LogP contribution in [0, 0.1) is 3.57 Å².